The van der Waals surface area contributed by atoms with Crippen LogP contribution < -0.4 is 5.32 Å². The van der Waals surface area contributed by atoms with E-state index in [9.17, 15) is 14.9 Å². The first-order valence-electron chi connectivity index (χ1n) is 5.67. The fourth-order valence-electron chi connectivity index (χ4n) is 1.58. The molecule has 0 saturated carbocycles. The third-order valence-corrected chi connectivity index (χ3v) is 3.21. The van der Waals surface area contributed by atoms with Crippen LogP contribution in [-0.2, 0) is 0 Å². The van der Waals surface area contributed by atoms with Gasteiger partial charge in [-0.15, -0.1) is 0 Å². The van der Waals surface area contributed by atoms with Crippen LogP contribution in [0.4, 0.5) is 11.5 Å². The minimum absolute atomic E-state index is 0.0154. The molecular weight excluding hydrogens is 284 g/mol. The third kappa shape index (κ3) is 2.62. The number of amides is 1. The molecule has 0 atom stereocenters. The molecule has 1 aromatic carbocycles. The van der Waals surface area contributed by atoms with E-state index in [4.69, 9.17) is 11.6 Å². The zero-order valence-corrected chi connectivity index (χ0v) is 11.5. The largest absolute Gasteiger partial charge is 0.305 e. The van der Waals surface area contributed by atoms with Crippen molar-refractivity contribution in [3.05, 3.63) is 50.2 Å². The molecule has 0 aliphatic carbocycles. The predicted octanol–water partition coefficient (Wildman–Crippen LogP) is 2.84. The van der Waals surface area contributed by atoms with E-state index in [-0.39, 0.29) is 16.3 Å². The molecule has 0 saturated heterocycles. The van der Waals surface area contributed by atoms with Crippen molar-refractivity contribution in [3.63, 3.8) is 0 Å². The fourth-order valence-corrected chi connectivity index (χ4v) is 1.84. The van der Waals surface area contributed by atoms with Gasteiger partial charge in [-0.2, -0.15) is 5.10 Å². The number of nitrogens with zero attached hydrogens (tertiary/aromatic N) is 2. The smallest absolute Gasteiger partial charge is 0.270 e. The van der Waals surface area contributed by atoms with Gasteiger partial charge in [-0.25, -0.2) is 0 Å². The quantitative estimate of drug-likeness (QED) is 0.671. The number of nitro groups is 1. The number of H-pyrrole nitrogens is 1. The summed E-state index contributed by atoms with van der Waals surface area (Å²) < 4.78 is 0. The second kappa shape index (κ2) is 5.30. The lowest BCUT2D eigenvalue weighted by Crippen LogP contribution is -2.13. The molecular formula is C12H11ClN4O3. The van der Waals surface area contributed by atoms with E-state index >= 15 is 0 Å². The van der Waals surface area contributed by atoms with Gasteiger partial charge in [0.25, 0.3) is 11.6 Å². The Hall–Kier alpha value is -2.41. The summed E-state index contributed by atoms with van der Waals surface area (Å²) >= 11 is 5.89. The third-order valence-electron chi connectivity index (χ3n) is 2.89. The van der Waals surface area contributed by atoms with Gasteiger partial charge in [0.2, 0.25) is 0 Å². The number of nitrogens with one attached hydrogen (secondary N) is 2. The molecule has 0 radical (unpaired) electrons. The molecule has 0 fully saturated rings. The van der Waals surface area contributed by atoms with E-state index in [0.29, 0.717) is 5.82 Å². The molecule has 0 unspecified atom stereocenters. The number of carbonyl (C=O) groups is 1. The Morgan fingerprint density at radius 2 is 2.15 bits per heavy atom. The highest BCUT2D eigenvalue weighted by molar-refractivity contribution is 6.34. The Bertz CT molecular complexity index is 696. The van der Waals surface area contributed by atoms with Crippen LogP contribution in [0.1, 0.15) is 21.6 Å². The lowest BCUT2D eigenvalue weighted by molar-refractivity contribution is -0.384. The molecule has 0 aliphatic heterocycles. The van der Waals surface area contributed by atoms with Gasteiger partial charge in [-0.05, 0) is 19.9 Å². The summed E-state index contributed by atoms with van der Waals surface area (Å²) in [6, 6.07) is 3.67. The molecule has 1 aromatic heterocycles. The van der Waals surface area contributed by atoms with Crippen molar-refractivity contribution in [3.8, 4) is 0 Å². The lowest BCUT2D eigenvalue weighted by Gasteiger charge is -2.05. The van der Waals surface area contributed by atoms with Gasteiger partial charge >= 0.3 is 0 Å². The molecule has 2 aromatic rings. The number of rotatable bonds is 3. The summed E-state index contributed by atoms with van der Waals surface area (Å²) in [6.45, 7) is 3.64. The molecule has 104 valence electrons. The second-order valence-corrected chi connectivity index (χ2v) is 4.60. The van der Waals surface area contributed by atoms with Crippen LogP contribution in [0, 0.1) is 24.0 Å². The number of benzene rings is 1. The Morgan fingerprint density at radius 3 is 2.65 bits per heavy atom. The van der Waals surface area contributed by atoms with Crippen LogP contribution in [0.15, 0.2) is 18.2 Å². The molecule has 0 aliphatic rings. The molecule has 7 nitrogen and oxygen atoms in total. The summed E-state index contributed by atoms with van der Waals surface area (Å²) in [4.78, 5) is 22.1. The molecule has 0 bridgehead atoms. The van der Waals surface area contributed by atoms with Crippen molar-refractivity contribution in [2.24, 2.45) is 0 Å². The minimum Gasteiger partial charge on any atom is -0.305 e. The van der Waals surface area contributed by atoms with E-state index < -0.39 is 10.8 Å². The second-order valence-electron chi connectivity index (χ2n) is 4.20. The predicted molar refractivity (Wildman–Crippen MR) is 74.1 cm³/mol. The van der Waals surface area contributed by atoms with Crippen molar-refractivity contribution < 1.29 is 9.72 Å². The van der Waals surface area contributed by atoms with Gasteiger partial charge in [0, 0.05) is 23.4 Å². The van der Waals surface area contributed by atoms with Gasteiger partial charge < -0.3 is 5.32 Å². The zero-order chi connectivity index (χ0) is 14.9. The van der Waals surface area contributed by atoms with Crippen LogP contribution in [0.3, 0.4) is 0 Å². The number of aromatic nitrogens is 2. The average molecular weight is 295 g/mol. The van der Waals surface area contributed by atoms with Gasteiger partial charge in [0.15, 0.2) is 5.82 Å². The van der Waals surface area contributed by atoms with Crippen molar-refractivity contribution in [2.45, 2.75) is 13.8 Å². The standard InChI is InChI=1S/C12H11ClN4O3/c1-6-7(2)15-16-11(6)14-12(18)9-4-3-8(17(19)20)5-10(9)13/h3-5H,1-2H3,(H2,14,15,16,18). The Balaban J connectivity index is 2.26. The normalized spacial score (nSPS) is 10.3. The number of aromatic amines is 1. The summed E-state index contributed by atoms with van der Waals surface area (Å²) in [6.07, 6.45) is 0. The monoisotopic (exact) mass is 294 g/mol. The summed E-state index contributed by atoms with van der Waals surface area (Å²) in [5.41, 5.74) is 1.64. The van der Waals surface area contributed by atoms with Crippen LogP contribution >= 0.6 is 11.6 Å². The number of nitro benzene ring substituents is 1. The molecule has 2 rings (SSSR count). The highest BCUT2D eigenvalue weighted by Gasteiger charge is 2.17. The van der Waals surface area contributed by atoms with Crippen LogP contribution in [0.2, 0.25) is 5.02 Å². The van der Waals surface area contributed by atoms with Crippen molar-refractivity contribution in [2.75, 3.05) is 5.32 Å². The minimum atomic E-state index is -0.575. The zero-order valence-electron chi connectivity index (χ0n) is 10.7. The summed E-state index contributed by atoms with van der Waals surface area (Å²) in [7, 11) is 0. The number of halogens is 1. The highest BCUT2D eigenvalue weighted by atomic mass is 35.5. The lowest BCUT2D eigenvalue weighted by atomic mass is 10.2. The Morgan fingerprint density at radius 1 is 1.45 bits per heavy atom. The number of hydrogen-bond donors (Lipinski definition) is 2. The maximum atomic E-state index is 12.1. The maximum absolute atomic E-state index is 12.1. The number of hydrogen-bond acceptors (Lipinski definition) is 4. The number of anilines is 1. The topological polar surface area (TPSA) is 101 Å². The van der Waals surface area contributed by atoms with Crippen molar-refractivity contribution in [1.29, 1.82) is 0 Å². The molecule has 20 heavy (non-hydrogen) atoms. The van der Waals surface area contributed by atoms with Gasteiger partial charge in [-0.3, -0.25) is 20.0 Å². The average Bonchev–Trinajstić information content (AvgIpc) is 2.70. The first-order valence-corrected chi connectivity index (χ1v) is 6.05. The van der Waals surface area contributed by atoms with Crippen molar-refractivity contribution >= 4 is 29.0 Å². The molecule has 0 spiro atoms. The number of non-ortho nitro benzene ring substituents is 1. The fraction of sp³-hybridized carbons (Fsp3) is 0.167. The van der Waals surface area contributed by atoms with E-state index in [1.807, 2.05) is 13.8 Å². The van der Waals surface area contributed by atoms with Gasteiger partial charge in [0.1, 0.15) is 0 Å². The summed E-state index contributed by atoms with van der Waals surface area (Å²) in [5, 5.41) is 19.9. The first kappa shape index (κ1) is 14.0. The first-order chi connectivity index (χ1) is 9.40. The van der Waals surface area contributed by atoms with E-state index in [1.54, 1.807) is 0 Å². The SMILES string of the molecule is Cc1[nH]nc(NC(=O)c2ccc([N+](=O)[O-])cc2Cl)c1C. The number of carbonyl (C=O) groups excluding carboxylic acids is 1. The maximum Gasteiger partial charge on any atom is 0.270 e. The van der Waals surface area contributed by atoms with Crippen molar-refractivity contribution in [1.82, 2.24) is 10.2 Å². The van der Waals surface area contributed by atoms with Crippen LogP contribution in [0.25, 0.3) is 0 Å². The number of aryl methyl sites for hydroxylation is 1. The van der Waals surface area contributed by atoms with E-state index in [1.165, 1.54) is 12.1 Å². The highest BCUT2D eigenvalue weighted by Crippen LogP contribution is 2.24. The Labute approximate surface area is 119 Å². The molecule has 1 amide bonds. The van der Waals surface area contributed by atoms with Crippen LogP contribution in [-0.4, -0.2) is 21.0 Å². The Kier molecular flexibility index (Phi) is 3.71. The van der Waals surface area contributed by atoms with Gasteiger partial charge in [0.05, 0.1) is 15.5 Å². The van der Waals surface area contributed by atoms with Crippen LogP contribution in [0.5, 0.6) is 0 Å². The van der Waals surface area contributed by atoms with Gasteiger partial charge in [-0.1, -0.05) is 11.6 Å². The molecule has 2 N–H and O–H groups in total. The molecule has 1 heterocycles. The van der Waals surface area contributed by atoms with E-state index in [2.05, 4.69) is 15.5 Å². The molecule has 8 heteroatoms. The summed E-state index contributed by atoms with van der Waals surface area (Å²) in [5.74, 6) is -0.0681. The van der Waals surface area contributed by atoms with E-state index in [0.717, 1.165) is 17.3 Å².